The van der Waals surface area contributed by atoms with E-state index in [1.165, 1.54) is 22.6 Å². The van der Waals surface area contributed by atoms with Crippen LogP contribution in [0.1, 0.15) is 35.4 Å². The highest BCUT2D eigenvalue weighted by Crippen LogP contribution is 2.28. The molecular formula is C31H34FN3O2. The monoisotopic (exact) mass is 499 g/mol. The van der Waals surface area contributed by atoms with E-state index in [4.69, 9.17) is 9.47 Å². The van der Waals surface area contributed by atoms with Gasteiger partial charge in [0.15, 0.2) is 0 Å². The van der Waals surface area contributed by atoms with Crippen LogP contribution >= 0.6 is 0 Å². The number of nitrogens with one attached hydrogen (secondary N) is 2. The lowest BCUT2D eigenvalue weighted by Gasteiger charge is -2.33. The maximum atomic E-state index is 13.6. The molecule has 37 heavy (non-hydrogen) atoms. The minimum absolute atomic E-state index is 0.226. The Bertz CT molecular complexity index is 1280. The predicted octanol–water partition coefficient (Wildman–Crippen LogP) is 5.59. The summed E-state index contributed by atoms with van der Waals surface area (Å²) in [5.41, 5.74) is 4.22. The molecule has 4 aromatic rings. The van der Waals surface area contributed by atoms with Gasteiger partial charge in [-0.05, 0) is 60.5 Å². The van der Waals surface area contributed by atoms with Crippen LogP contribution < -0.4 is 15.4 Å². The molecule has 3 aromatic carbocycles. The molecule has 1 aliphatic heterocycles. The van der Waals surface area contributed by atoms with Crippen molar-refractivity contribution < 1.29 is 13.9 Å². The second-order valence-corrected chi connectivity index (χ2v) is 9.53. The van der Waals surface area contributed by atoms with E-state index in [0.29, 0.717) is 30.7 Å². The second kappa shape index (κ2) is 12.8. The van der Waals surface area contributed by atoms with Gasteiger partial charge in [0, 0.05) is 48.6 Å². The molecule has 0 spiro atoms. The Morgan fingerprint density at radius 3 is 2.76 bits per heavy atom. The van der Waals surface area contributed by atoms with Crippen molar-refractivity contribution in [3.05, 3.63) is 108 Å². The molecule has 2 N–H and O–H groups in total. The van der Waals surface area contributed by atoms with E-state index < -0.39 is 0 Å². The number of fused-ring (bicyclic) bond motifs is 1. The zero-order valence-electron chi connectivity index (χ0n) is 21.0. The van der Waals surface area contributed by atoms with Crippen LogP contribution in [-0.2, 0) is 17.9 Å². The predicted molar refractivity (Wildman–Crippen MR) is 145 cm³/mol. The van der Waals surface area contributed by atoms with Crippen molar-refractivity contribution in [2.24, 2.45) is 0 Å². The van der Waals surface area contributed by atoms with Gasteiger partial charge in [-0.2, -0.15) is 0 Å². The smallest absolute Gasteiger partial charge is 0.128 e. The van der Waals surface area contributed by atoms with Gasteiger partial charge in [-0.1, -0.05) is 42.5 Å². The van der Waals surface area contributed by atoms with E-state index in [2.05, 4.69) is 64.1 Å². The molecule has 0 saturated carbocycles. The fourth-order valence-corrected chi connectivity index (χ4v) is 4.92. The summed E-state index contributed by atoms with van der Waals surface area (Å²) in [7, 11) is 0. The number of benzene rings is 3. The molecule has 2 heterocycles. The summed E-state index contributed by atoms with van der Waals surface area (Å²) < 4.78 is 25.1. The van der Waals surface area contributed by atoms with Gasteiger partial charge in [0.2, 0.25) is 0 Å². The van der Waals surface area contributed by atoms with Crippen molar-refractivity contribution in [1.29, 1.82) is 0 Å². The molecule has 0 amide bonds. The van der Waals surface area contributed by atoms with Crippen molar-refractivity contribution in [3.8, 4) is 5.75 Å². The maximum Gasteiger partial charge on any atom is 0.128 e. The first-order chi connectivity index (χ1) is 18.3. The van der Waals surface area contributed by atoms with Gasteiger partial charge >= 0.3 is 0 Å². The number of nitrogens with zero attached hydrogens (tertiary/aromatic N) is 1. The fourth-order valence-electron chi connectivity index (χ4n) is 4.92. The van der Waals surface area contributed by atoms with Gasteiger partial charge in [-0.25, -0.2) is 4.39 Å². The molecule has 5 rings (SSSR count). The Morgan fingerprint density at radius 2 is 1.86 bits per heavy atom. The van der Waals surface area contributed by atoms with Gasteiger partial charge in [0.05, 0.1) is 25.3 Å². The molecule has 192 valence electrons. The molecule has 1 fully saturated rings. The van der Waals surface area contributed by atoms with E-state index in [1.807, 2.05) is 18.3 Å². The normalized spacial score (nSPS) is 17.6. The number of ether oxygens (including phenoxy) is 2. The lowest BCUT2D eigenvalue weighted by Crippen LogP contribution is -2.47. The van der Waals surface area contributed by atoms with Crippen LogP contribution in [0.15, 0.2) is 85.1 Å². The SMILES string of the molecule is Fc1ccccc1COCCCOc1ccc([C@H]2CCNC[C@H]2NCc2ccc3ncccc3c2)cc1. The number of hydrogen-bond acceptors (Lipinski definition) is 5. The average molecular weight is 500 g/mol. The Hall–Kier alpha value is -3.32. The third-order valence-electron chi connectivity index (χ3n) is 6.94. The molecule has 0 radical (unpaired) electrons. The summed E-state index contributed by atoms with van der Waals surface area (Å²) in [5, 5.41) is 8.50. The molecule has 1 saturated heterocycles. The second-order valence-electron chi connectivity index (χ2n) is 9.53. The highest BCUT2D eigenvalue weighted by atomic mass is 19.1. The third-order valence-corrected chi connectivity index (χ3v) is 6.94. The maximum absolute atomic E-state index is 13.6. The number of aromatic nitrogens is 1. The van der Waals surface area contributed by atoms with E-state index >= 15 is 0 Å². The Balaban J connectivity index is 1.08. The number of piperidine rings is 1. The first kappa shape index (κ1) is 25.3. The van der Waals surface area contributed by atoms with Crippen LogP contribution in [0.3, 0.4) is 0 Å². The van der Waals surface area contributed by atoms with Crippen molar-refractivity contribution in [3.63, 3.8) is 0 Å². The lowest BCUT2D eigenvalue weighted by atomic mass is 9.86. The topological polar surface area (TPSA) is 55.4 Å². The number of rotatable bonds is 11. The summed E-state index contributed by atoms with van der Waals surface area (Å²) in [5.74, 6) is 1.08. The summed E-state index contributed by atoms with van der Waals surface area (Å²) in [6.45, 7) is 4.18. The zero-order valence-corrected chi connectivity index (χ0v) is 21.0. The molecular weight excluding hydrogens is 465 g/mol. The minimum atomic E-state index is -0.226. The molecule has 1 aliphatic rings. The van der Waals surface area contributed by atoms with Gasteiger partial charge < -0.3 is 20.1 Å². The van der Waals surface area contributed by atoms with Crippen molar-refractivity contribution >= 4 is 10.9 Å². The van der Waals surface area contributed by atoms with E-state index in [-0.39, 0.29) is 12.4 Å². The van der Waals surface area contributed by atoms with E-state index in [1.54, 1.807) is 12.1 Å². The van der Waals surface area contributed by atoms with Crippen molar-refractivity contribution in [2.75, 3.05) is 26.3 Å². The summed E-state index contributed by atoms with van der Waals surface area (Å²) in [6.07, 6.45) is 3.68. The Morgan fingerprint density at radius 1 is 0.973 bits per heavy atom. The first-order valence-electron chi connectivity index (χ1n) is 13.1. The molecule has 0 aliphatic carbocycles. The van der Waals surface area contributed by atoms with Gasteiger partial charge in [0.25, 0.3) is 0 Å². The van der Waals surface area contributed by atoms with Crippen LogP contribution in [-0.4, -0.2) is 37.3 Å². The quantitative estimate of drug-likeness (QED) is 0.263. The first-order valence-corrected chi connectivity index (χ1v) is 13.1. The highest BCUT2D eigenvalue weighted by Gasteiger charge is 2.26. The van der Waals surface area contributed by atoms with E-state index in [9.17, 15) is 4.39 Å². The molecule has 0 bridgehead atoms. The van der Waals surface area contributed by atoms with Crippen LogP contribution in [0.2, 0.25) is 0 Å². The van der Waals surface area contributed by atoms with Crippen LogP contribution in [0.4, 0.5) is 4.39 Å². The molecule has 5 nitrogen and oxygen atoms in total. The Labute approximate surface area is 218 Å². The fraction of sp³-hybridized carbons (Fsp3) is 0.323. The van der Waals surface area contributed by atoms with Gasteiger partial charge in [-0.15, -0.1) is 0 Å². The van der Waals surface area contributed by atoms with Crippen LogP contribution in [0.25, 0.3) is 10.9 Å². The van der Waals surface area contributed by atoms with Crippen molar-refractivity contribution in [2.45, 2.75) is 38.0 Å². The summed E-state index contributed by atoms with van der Waals surface area (Å²) >= 11 is 0. The Kier molecular flexibility index (Phi) is 8.74. The van der Waals surface area contributed by atoms with Crippen molar-refractivity contribution in [1.82, 2.24) is 15.6 Å². The lowest BCUT2D eigenvalue weighted by molar-refractivity contribution is 0.105. The third kappa shape index (κ3) is 6.92. The zero-order chi connectivity index (χ0) is 25.3. The molecule has 6 heteroatoms. The van der Waals surface area contributed by atoms with Crippen LogP contribution in [0.5, 0.6) is 5.75 Å². The van der Waals surface area contributed by atoms with Crippen LogP contribution in [0, 0.1) is 5.82 Å². The van der Waals surface area contributed by atoms with Gasteiger partial charge in [-0.3, -0.25) is 4.98 Å². The number of pyridine rings is 1. The minimum Gasteiger partial charge on any atom is -0.494 e. The largest absolute Gasteiger partial charge is 0.494 e. The van der Waals surface area contributed by atoms with Gasteiger partial charge in [0.1, 0.15) is 11.6 Å². The summed E-state index contributed by atoms with van der Waals surface area (Å²) in [4.78, 5) is 4.42. The number of hydrogen-bond donors (Lipinski definition) is 2. The van der Waals surface area contributed by atoms with E-state index in [0.717, 1.165) is 43.7 Å². The molecule has 1 aromatic heterocycles. The summed E-state index contributed by atoms with van der Waals surface area (Å²) in [6, 6.07) is 26.1. The highest BCUT2D eigenvalue weighted by molar-refractivity contribution is 5.78. The molecule has 2 atom stereocenters. The standard InChI is InChI=1S/C31H34FN3O2/c32-29-7-2-1-5-26(29)22-36-17-4-18-37-27-11-9-24(10-12-27)28-14-16-33-21-31(28)35-20-23-8-13-30-25(19-23)6-3-15-34-30/h1-3,5-13,15,19,28,31,33,35H,4,14,16-18,20-22H2/t28-,31-/m1/s1. The number of halogens is 1. The molecule has 0 unspecified atom stereocenters. The average Bonchev–Trinajstić information content (AvgIpc) is 2.95.